The lowest BCUT2D eigenvalue weighted by Gasteiger charge is -2.09. The van der Waals surface area contributed by atoms with Gasteiger partial charge in [0.25, 0.3) is 0 Å². The number of nitrogens with zero attached hydrogens (tertiary/aromatic N) is 5. The molecule has 0 bridgehead atoms. The summed E-state index contributed by atoms with van der Waals surface area (Å²) in [5, 5.41) is 14.0. The Bertz CT molecular complexity index is 441. The molecule has 2 aromatic heterocycles. The van der Waals surface area contributed by atoms with Crippen LogP contribution in [0.2, 0.25) is 0 Å². The van der Waals surface area contributed by atoms with E-state index in [1.54, 1.807) is 23.3 Å². The van der Waals surface area contributed by atoms with Gasteiger partial charge in [0.05, 0.1) is 11.9 Å². The second kappa shape index (κ2) is 4.80. The maximum Gasteiger partial charge on any atom is 0.138 e. The van der Waals surface area contributed by atoms with Crippen LogP contribution in [0, 0.1) is 0 Å². The summed E-state index contributed by atoms with van der Waals surface area (Å²) < 4.78 is 1.75. The molecule has 6 heteroatoms. The number of hydrogen-bond donors (Lipinski definition) is 1. The van der Waals surface area contributed by atoms with Crippen LogP contribution in [0.4, 0.5) is 0 Å². The van der Waals surface area contributed by atoms with Crippen LogP contribution in [0.3, 0.4) is 0 Å². The van der Waals surface area contributed by atoms with Crippen LogP contribution in [0.25, 0.3) is 0 Å². The molecule has 0 aromatic carbocycles. The van der Waals surface area contributed by atoms with Crippen molar-refractivity contribution < 1.29 is 5.11 Å². The van der Waals surface area contributed by atoms with E-state index in [9.17, 15) is 5.11 Å². The van der Waals surface area contributed by atoms with Gasteiger partial charge in [-0.1, -0.05) is 0 Å². The largest absolute Gasteiger partial charge is 0.386 e. The molecule has 2 aromatic rings. The third kappa shape index (κ3) is 2.22. The summed E-state index contributed by atoms with van der Waals surface area (Å²) in [6, 6.07) is 0. The van der Waals surface area contributed by atoms with Crippen molar-refractivity contribution in [2.75, 3.05) is 0 Å². The summed E-state index contributed by atoms with van der Waals surface area (Å²) in [5.74, 6) is 0.751. The van der Waals surface area contributed by atoms with Crippen LogP contribution in [0.5, 0.6) is 0 Å². The van der Waals surface area contributed by atoms with Crippen molar-refractivity contribution in [3.63, 3.8) is 0 Å². The Morgan fingerprint density at radius 1 is 1.38 bits per heavy atom. The van der Waals surface area contributed by atoms with E-state index in [4.69, 9.17) is 0 Å². The van der Waals surface area contributed by atoms with Crippen molar-refractivity contribution in [3.05, 3.63) is 36.4 Å². The molecule has 0 aliphatic rings. The Labute approximate surface area is 93.0 Å². The number of rotatable bonds is 4. The minimum Gasteiger partial charge on any atom is -0.386 e. The van der Waals surface area contributed by atoms with Gasteiger partial charge in [0, 0.05) is 25.4 Å². The lowest BCUT2D eigenvalue weighted by Crippen LogP contribution is -2.10. The maximum absolute atomic E-state index is 9.93. The monoisotopic (exact) mass is 219 g/mol. The molecule has 0 spiro atoms. The number of aromatic nitrogens is 5. The number of aliphatic hydroxyl groups excluding tert-OH is 1. The highest BCUT2D eigenvalue weighted by molar-refractivity contribution is 5.02. The predicted molar refractivity (Wildman–Crippen MR) is 56.4 cm³/mol. The fraction of sp³-hybridized carbons (Fsp3) is 0.400. The first-order valence-electron chi connectivity index (χ1n) is 5.12. The van der Waals surface area contributed by atoms with E-state index >= 15 is 0 Å². The summed E-state index contributed by atoms with van der Waals surface area (Å²) in [6.45, 7) is 2.72. The molecule has 16 heavy (non-hydrogen) atoms. The second-order valence-corrected chi connectivity index (χ2v) is 3.34. The zero-order valence-electron chi connectivity index (χ0n) is 8.98. The van der Waals surface area contributed by atoms with Gasteiger partial charge in [-0.15, -0.1) is 0 Å². The molecule has 0 aliphatic carbocycles. The van der Waals surface area contributed by atoms with E-state index < -0.39 is 6.10 Å². The van der Waals surface area contributed by atoms with Gasteiger partial charge in [-0.2, -0.15) is 5.10 Å². The third-order valence-electron chi connectivity index (χ3n) is 2.30. The van der Waals surface area contributed by atoms with Gasteiger partial charge in [0.1, 0.15) is 18.3 Å². The lowest BCUT2D eigenvalue weighted by atomic mass is 10.2. The van der Waals surface area contributed by atoms with Crippen molar-refractivity contribution in [1.82, 2.24) is 24.7 Å². The summed E-state index contributed by atoms with van der Waals surface area (Å²) in [6.07, 6.45) is 5.88. The highest BCUT2D eigenvalue weighted by Gasteiger charge is 2.13. The molecule has 6 nitrogen and oxygen atoms in total. The molecule has 0 aliphatic heterocycles. The fourth-order valence-corrected chi connectivity index (χ4v) is 1.47. The average molecular weight is 219 g/mol. The first kappa shape index (κ1) is 10.7. The molecular weight excluding hydrogens is 206 g/mol. The quantitative estimate of drug-likeness (QED) is 0.803. The van der Waals surface area contributed by atoms with Crippen molar-refractivity contribution in [2.24, 2.45) is 0 Å². The molecule has 84 valence electrons. The van der Waals surface area contributed by atoms with Crippen molar-refractivity contribution >= 4 is 0 Å². The number of aliphatic hydroxyl groups is 1. The lowest BCUT2D eigenvalue weighted by molar-refractivity contribution is 0.169. The van der Waals surface area contributed by atoms with E-state index in [0.29, 0.717) is 12.1 Å². The van der Waals surface area contributed by atoms with Gasteiger partial charge in [0.2, 0.25) is 0 Å². The minimum atomic E-state index is -0.691. The average Bonchev–Trinajstić information content (AvgIpc) is 2.77. The molecule has 0 saturated heterocycles. The summed E-state index contributed by atoms with van der Waals surface area (Å²) >= 11 is 0. The first-order chi connectivity index (χ1) is 7.81. The van der Waals surface area contributed by atoms with Crippen LogP contribution >= 0.6 is 0 Å². The highest BCUT2D eigenvalue weighted by Crippen LogP contribution is 2.13. The molecule has 0 saturated carbocycles. The molecule has 2 heterocycles. The maximum atomic E-state index is 9.93. The Balaban J connectivity index is 2.11. The number of hydrogen-bond acceptors (Lipinski definition) is 5. The molecule has 0 fully saturated rings. The van der Waals surface area contributed by atoms with Gasteiger partial charge in [-0.05, 0) is 6.92 Å². The molecule has 1 atom stereocenters. The van der Waals surface area contributed by atoms with Crippen LogP contribution in [-0.2, 0) is 13.0 Å². The first-order valence-corrected chi connectivity index (χ1v) is 5.12. The predicted octanol–water partition coefficient (Wildman–Crippen LogP) is 0.364. The van der Waals surface area contributed by atoms with Gasteiger partial charge in [0.15, 0.2) is 0 Å². The topological polar surface area (TPSA) is 76.7 Å². The van der Waals surface area contributed by atoms with E-state index in [0.717, 1.165) is 12.4 Å². The summed E-state index contributed by atoms with van der Waals surface area (Å²) in [4.78, 5) is 12.1. The van der Waals surface area contributed by atoms with Gasteiger partial charge in [-0.25, -0.2) is 4.98 Å². The third-order valence-corrected chi connectivity index (χ3v) is 2.30. The Kier molecular flexibility index (Phi) is 3.21. The number of aryl methyl sites for hydroxylation is 1. The Morgan fingerprint density at radius 3 is 2.94 bits per heavy atom. The van der Waals surface area contributed by atoms with Crippen LogP contribution in [0.1, 0.15) is 24.5 Å². The van der Waals surface area contributed by atoms with Crippen molar-refractivity contribution in [2.45, 2.75) is 26.0 Å². The zero-order chi connectivity index (χ0) is 11.4. The van der Waals surface area contributed by atoms with E-state index in [2.05, 4.69) is 20.1 Å². The van der Waals surface area contributed by atoms with Crippen molar-refractivity contribution in [3.8, 4) is 0 Å². The van der Waals surface area contributed by atoms with Crippen LogP contribution in [0.15, 0.2) is 24.9 Å². The zero-order valence-corrected chi connectivity index (χ0v) is 8.98. The normalized spacial score (nSPS) is 12.6. The van der Waals surface area contributed by atoms with Gasteiger partial charge >= 0.3 is 0 Å². The van der Waals surface area contributed by atoms with Gasteiger partial charge in [-0.3, -0.25) is 14.6 Å². The van der Waals surface area contributed by atoms with Crippen LogP contribution < -0.4 is 0 Å². The van der Waals surface area contributed by atoms with E-state index in [-0.39, 0.29) is 0 Å². The second-order valence-electron chi connectivity index (χ2n) is 3.34. The van der Waals surface area contributed by atoms with Crippen molar-refractivity contribution in [1.29, 1.82) is 0 Å². The molecule has 1 unspecified atom stereocenters. The molecular formula is C10H13N5O. The highest BCUT2D eigenvalue weighted by atomic mass is 16.3. The minimum absolute atomic E-state index is 0.395. The smallest absolute Gasteiger partial charge is 0.138 e. The van der Waals surface area contributed by atoms with E-state index in [1.807, 2.05) is 6.92 Å². The summed E-state index contributed by atoms with van der Waals surface area (Å²) in [7, 11) is 0. The molecule has 2 rings (SSSR count). The van der Waals surface area contributed by atoms with Crippen LogP contribution in [-0.4, -0.2) is 29.8 Å². The molecule has 0 amide bonds. The summed E-state index contributed by atoms with van der Waals surface area (Å²) in [5.41, 5.74) is 0.549. The Morgan fingerprint density at radius 2 is 2.25 bits per heavy atom. The van der Waals surface area contributed by atoms with Gasteiger partial charge < -0.3 is 5.11 Å². The molecule has 1 N–H and O–H groups in total. The van der Waals surface area contributed by atoms with E-state index in [1.165, 1.54) is 6.33 Å². The fourth-order valence-electron chi connectivity index (χ4n) is 1.47. The Hall–Kier alpha value is -1.82. The molecule has 0 radical (unpaired) electrons. The standard InChI is InChI=1S/C10H13N5O/c1-2-15-10(13-7-14-15)5-9(16)8-6-11-3-4-12-8/h3-4,6-7,9,16H,2,5H2,1H3. The SMILES string of the molecule is CCn1ncnc1CC(O)c1cnccn1.